The van der Waals surface area contributed by atoms with Crippen LogP contribution in [0.15, 0.2) is 16.9 Å². The number of aromatic amines is 1. The summed E-state index contributed by atoms with van der Waals surface area (Å²) >= 11 is 6.01. The third-order valence-corrected chi connectivity index (χ3v) is 3.87. The van der Waals surface area contributed by atoms with Gasteiger partial charge < -0.3 is 4.98 Å². The van der Waals surface area contributed by atoms with E-state index in [1.54, 1.807) is 0 Å². The summed E-state index contributed by atoms with van der Waals surface area (Å²) in [6.07, 6.45) is 4.86. The van der Waals surface area contributed by atoms with Crippen LogP contribution < -0.4 is 5.43 Å². The van der Waals surface area contributed by atoms with E-state index in [1.165, 1.54) is 12.1 Å². The Morgan fingerprint density at radius 2 is 1.94 bits per heavy atom. The first kappa shape index (κ1) is 11.7. The number of benzene rings is 1. The molecule has 2 aromatic rings. The van der Waals surface area contributed by atoms with Crippen molar-refractivity contribution >= 4 is 22.5 Å². The third kappa shape index (κ3) is 1.83. The molecule has 0 aliphatic heterocycles. The number of halogens is 2. The summed E-state index contributed by atoms with van der Waals surface area (Å²) in [5.41, 5.74) is 2.27. The minimum Gasteiger partial charge on any atom is -0.357 e. The van der Waals surface area contributed by atoms with Gasteiger partial charge in [0.15, 0.2) is 5.43 Å². The molecule has 18 heavy (non-hydrogen) atoms. The molecule has 0 bridgehead atoms. The standard InChI is InChI=1S/C14H13ClFNO/c15-11-7-8(16)6-10-13(11)17-12-5-3-1-2-4-9(12)14(10)18/h6-7H,1-5H2,(H,17,18). The number of hydrogen-bond acceptors (Lipinski definition) is 1. The molecule has 3 rings (SSSR count). The maximum absolute atomic E-state index is 13.4. The fourth-order valence-electron chi connectivity index (χ4n) is 2.66. The van der Waals surface area contributed by atoms with Gasteiger partial charge in [0.2, 0.25) is 0 Å². The van der Waals surface area contributed by atoms with Crippen molar-refractivity contribution in [2.24, 2.45) is 0 Å². The van der Waals surface area contributed by atoms with Crippen molar-refractivity contribution in [1.29, 1.82) is 0 Å². The van der Waals surface area contributed by atoms with Gasteiger partial charge in [-0.15, -0.1) is 0 Å². The number of fused-ring (bicyclic) bond motifs is 2. The van der Waals surface area contributed by atoms with Crippen LogP contribution >= 0.6 is 11.6 Å². The van der Waals surface area contributed by atoms with Crippen LogP contribution in [0.3, 0.4) is 0 Å². The second-order valence-electron chi connectivity index (χ2n) is 4.78. The monoisotopic (exact) mass is 265 g/mol. The molecule has 1 heterocycles. The van der Waals surface area contributed by atoms with Crippen LogP contribution in [0.4, 0.5) is 4.39 Å². The first-order valence-corrected chi connectivity index (χ1v) is 6.57. The van der Waals surface area contributed by atoms with Crippen molar-refractivity contribution < 1.29 is 4.39 Å². The van der Waals surface area contributed by atoms with E-state index < -0.39 is 5.82 Å². The molecule has 0 radical (unpaired) electrons. The maximum Gasteiger partial charge on any atom is 0.192 e. The van der Waals surface area contributed by atoms with Crippen molar-refractivity contribution in [3.8, 4) is 0 Å². The minimum absolute atomic E-state index is 0.0675. The average molecular weight is 266 g/mol. The number of rotatable bonds is 0. The lowest BCUT2D eigenvalue weighted by Crippen LogP contribution is -2.14. The van der Waals surface area contributed by atoms with E-state index in [2.05, 4.69) is 4.98 Å². The lowest BCUT2D eigenvalue weighted by Gasteiger charge is -2.09. The molecule has 94 valence electrons. The second kappa shape index (κ2) is 4.39. The van der Waals surface area contributed by atoms with Gasteiger partial charge in [0.25, 0.3) is 0 Å². The largest absolute Gasteiger partial charge is 0.357 e. The van der Waals surface area contributed by atoms with Gasteiger partial charge in [-0.25, -0.2) is 4.39 Å². The maximum atomic E-state index is 13.4. The number of hydrogen-bond donors (Lipinski definition) is 1. The summed E-state index contributed by atoms with van der Waals surface area (Å²) in [4.78, 5) is 15.6. The molecular weight excluding hydrogens is 253 g/mol. The molecule has 0 amide bonds. The fraction of sp³-hybridized carbons (Fsp3) is 0.357. The van der Waals surface area contributed by atoms with Crippen molar-refractivity contribution in [2.45, 2.75) is 32.1 Å². The van der Waals surface area contributed by atoms with Crippen molar-refractivity contribution in [3.05, 3.63) is 44.5 Å². The van der Waals surface area contributed by atoms with Gasteiger partial charge in [-0.1, -0.05) is 18.0 Å². The first-order chi connectivity index (χ1) is 8.66. The second-order valence-corrected chi connectivity index (χ2v) is 5.19. The zero-order chi connectivity index (χ0) is 12.7. The lowest BCUT2D eigenvalue weighted by atomic mass is 10.0. The van der Waals surface area contributed by atoms with Gasteiger partial charge in [0, 0.05) is 11.3 Å². The first-order valence-electron chi connectivity index (χ1n) is 6.19. The Bertz CT molecular complexity index is 678. The Kier molecular flexibility index (Phi) is 2.86. The van der Waals surface area contributed by atoms with Crippen LogP contribution in [-0.2, 0) is 12.8 Å². The van der Waals surface area contributed by atoms with Gasteiger partial charge in [0.05, 0.1) is 15.9 Å². The molecule has 1 N–H and O–H groups in total. The Hall–Kier alpha value is -1.35. The molecule has 1 aliphatic carbocycles. The van der Waals surface area contributed by atoms with Crippen molar-refractivity contribution in [2.75, 3.05) is 0 Å². The quantitative estimate of drug-likeness (QED) is 0.726. The van der Waals surface area contributed by atoms with Crippen LogP contribution in [-0.4, -0.2) is 4.98 Å². The zero-order valence-electron chi connectivity index (χ0n) is 9.85. The van der Waals surface area contributed by atoms with Crippen LogP contribution in [0.5, 0.6) is 0 Å². The van der Waals surface area contributed by atoms with Crippen LogP contribution in [0, 0.1) is 5.82 Å². The normalized spacial score (nSPS) is 15.4. The van der Waals surface area contributed by atoms with E-state index in [1.807, 2.05) is 0 Å². The number of nitrogens with one attached hydrogen (secondary N) is 1. The number of aryl methyl sites for hydroxylation is 1. The van der Waals surface area contributed by atoms with E-state index in [0.29, 0.717) is 10.9 Å². The molecule has 4 heteroatoms. The number of H-pyrrole nitrogens is 1. The van der Waals surface area contributed by atoms with Crippen LogP contribution in [0.2, 0.25) is 5.02 Å². The fourth-order valence-corrected chi connectivity index (χ4v) is 2.92. The summed E-state index contributed by atoms with van der Waals surface area (Å²) in [6.45, 7) is 0. The number of aromatic nitrogens is 1. The topological polar surface area (TPSA) is 32.9 Å². The highest BCUT2D eigenvalue weighted by Gasteiger charge is 2.16. The molecule has 2 nitrogen and oxygen atoms in total. The Morgan fingerprint density at radius 1 is 1.17 bits per heavy atom. The predicted molar refractivity (Wildman–Crippen MR) is 70.8 cm³/mol. The third-order valence-electron chi connectivity index (χ3n) is 3.57. The molecule has 1 aromatic heterocycles. The summed E-state index contributed by atoms with van der Waals surface area (Å²) in [6, 6.07) is 2.51. The van der Waals surface area contributed by atoms with E-state index in [-0.39, 0.29) is 10.5 Å². The van der Waals surface area contributed by atoms with Gasteiger partial charge in [0.1, 0.15) is 5.82 Å². The molecule has 0 saturated heterocycles. The molecular formula is C14H13ClFNO. The smallest absolute Gasteiger partial charge is 0.192 e. The van der Waals surface area contributed by atoms with E-state index in [9.17, 15) is 9.18 Å². The van der Waals surface area contributed by atoms with Gasteiger partial charge in [-0.2, -0.15) is 0 Å². The highest BCUT2D eigenvalue weighted by atomic mass is 35.5. The molecule has 1 aromatic carbocycles. The molecule has 0 fully saturated rings. The summed E-state index contributed by atoms with van der Waals surface area (Å²) < 4.78 is 13.4. The molecule has 0 unspecified atom stereocenters. The van der Waals surface area contributed by atoms with Gasteiger partial charge >= 0.3 is 0 Å². The number of pyridine rings is 1. The summed E-state index contributed by atoms with van der Waals surface area (Å²) in [5.74, 6) is -0.466. The molecule has 0 saturated carbocycles. The molecule has 0 atom stereocenters. The Labute approximate surface area is 109 Å². The van der Waals surface area contributed by atoms with Crippen LogP contribution in [0.1, 0.15) is 30.5 Å². The predicted octanol–water partition coefficient (Wildman–Crippen LogP) is 3.59. The average Bonchev–Trinajstić information content (AvgIpc) is 2.56. The molecule has 0 spiro atoms. The zero-order valence-corrected chi connectivity index (χ0v) is 10.6. The van der Waals surface area contributed by atoms with E-state index >= 15 is 0 Å². The van der Waals surface area contributed by atoms with Gasteiger partial charge in [-0.05, 0) is 37.8 Å². The Balaban J connectivity index is 2.38. The van der Waals surface area contributed by atoms with E-state index in [0.717, 1.165) is 43.4 Å². The van der Waals surface area contributed by atoms with E-state index in [4.69, 9.17) is 11.6 Å². The molecule has 1 aliphatic rings. The lowest BCUT2D eigenvalue weighted by molar-refractivity contribution is 0.629. The highest BCUT2D eigenvalue weighted by molar-refractivity contribution is 6.35. The minimum atomic E-state index is -0.466. The Morgan fingerprint density at radius 3 is 2.78 bits per heavy atom. The highest BCUT2D eigenvalue weighted by Crippen LogP contribution is 2.25. The summed E-state index contributed by atoms with van der Waals surface area (Å²) in [7, 11) is 0. The van der Waals surface area contributed by atoms with Crippen molar-refractivity contribution in [1.82, 2.24) is 4.98 Å². The SMILES string of the molecule is O=c1c2c([nH]c3c(Cl)cc(F)cc13)CCCCC2. The van der Waals surface area contributed by atoms with Crippen LogP contribution in [0.25, 0.3) is 10.9 Å². The van der Waals surface area contributed by atoms with Gasteiger partial charge in [-0.3, -0.25) is 4.79 Å². The summed E-state index contributed by atoms with van der Waals surface area (Å²) in [5, 5.41) is 0.634. The van der Waals surface area contributed by atoms with Crippen molar-refractivity contribution in [3.63, 3.8) is 0 Å².